The Balaban J connectivity index is 2.16. The van der Waals surface area contributed by atoms with Crippen molar-refractivity contribution in [3.63, 3.8) is 0 Å². The predicted molar refractivity (Wildman–Crippen MR) is 79.9 cm³/mol. The van der Waals surface area contributed by atoms with E-state index in [9.17, 15) is 4.39 Å². The Bertz CT molecular complexity index is 524. The number of hydrogen-bond acceptors (Lipinski definition) is 2. The Kier molecular flexibility index (Phi) is 3.77. The monoisotopic (exact) mass is 274 g/mol. The first-order valence-electron chi connectivity index (χ1n) is 7.17. The highest BCUT2D eigenvalue weighted by Crippen LogP contribution is 2.46. The third-order valence-corrected chi connectivity index (χ3v) is 4.01. The molecule has 1 aromatic rings. The Morgan fingerprint density at radius 1 is 1.20 bits per heavy atom. The van der Waals surface area contributed by atoms with Crippen molar-refractivity contribution in [1.29, 1.82) is 5.26 Å². The maximum absolute atomic E-state index is 13.3. The third kappa shape index (κ3) is 3.50. The number of nitrogens with zero attached hydrogens (tertiary/aromatic N) is 1. The average molecular weight is 274 g/mol. The van der Waals surface area contributed by atoms with Crippen molar-refractivity contribution in [3.05, 3.63) is 29.6 Å². The number of benzene rings is 1. The summed E-state index contributed by atoms with van der Waals surface area (Å²) in [5.74, 6) is -0.456. The molecule has 3 heteroatoms. The smallest absolute Gasteiger partial charge is 0.141 e. The van der Waals surface area contributed by atoms with Gasteiger partial charge in [0.05, 0.1) is 5.56 Å². The predicted octanol–water partition coefficient (Wildman–Crippen LogP) is 4.71. The Morgan fingerprint density at radius 2 is 1.80 bits per heavy atom. The Labute approximate surface area is 121 Å². The quantitative estimate of drug-likeness (QED) is 0.847. The molecule has 1 aromatic carbocycles. The highest BCUT2D eigenvalue weighted by atomic mass is 19.1. The van der Waals surface area contributed by atoms with Gasteiger partial charge in [-0.3, -0.25) is 0 Å². The molecule has 0 saturated heterocycles. The van der Waals surface area contributed by atoms with Crippen LogP contribution >= 0.6 is 0 Å². The van der Waals surface area contributed by atoms with Gasteiger partial charge in [0.25, 0.3) is 0 Å². The fourth-order valence-electron chi connectivity index (χ4n) is 3.88. The van der Waals surface area contributed by atoms with Gasteiger partial charge < -0.3 is 5.32 Å². The van der Waals surface area contributed by atoms with E-state index in [0.717, 1.165) is 18.5 Å². The van der Waals surface area contributed by atoms with Crippen LogP contribution in [0.15, 0.2) is 18.2 Å². The van der Waals surface area contributed by atoms with Crippen molar-refractivity contribution >= 4 is 5.69 Å². The van der Waals surface area contributed by atoms with Gasteiger partial charge in [0.1, 0.15) is 11.9 Å². The molecule has 0 radical (unpaired) electrons. The van der Waals surface area contributed by atoms with E-state index in [2.05, 4.69) is 33.0 Å². The van der Waals surface area contributed by atoms with Gasteiger partial charge in [-0.1, -0.05) is 27.7 Å². The molecule has 0 amide bonds. The molecule has 0 heterocycles. The minimum atomic E-state index is -0.456. The topological polar surface area (TPSA) is 35.8 Å². The summed E-state index contributed by atoms with van der Waals surface area (Å²) in [5, 5.41) is 12.4. The minimum absolute atomic E-state index is 0.101. The van der Waals surface area contributed by atoms with Crippen molar-refractivity contribution < 1.29 is 4.39 Å². The van der Waals surface area contributed by atoms with Crippen LogP contribution in [0.5, 0.6) is 0 Å². The molecular formula is C17H23FN2. The normalized spacial score (nSPS) is 21.2. The van der Waals surface area contributed by atoms with E-state index in [1.54, 1.807) is 12.1 Å². The largest absolute Gasteiger partial charge is 0.382 e. The fourth-order valence-corrected chi connectivity index (χ4v) is 3.88. The molecule has 1 aliphatic carbocycles. The van der Waals surface area contributed by atoms with Crippen molar-refractivity contribution in [2.45, 2.75) is 53.0 Å². The molecule has 1 N–H and O–H groups in total. The molecule has 2 rings (SSSR count). The molecule has 0 atom stereocenters. The lowest BCUT2D eigenvalue weighted by atomic mass is 9.63. The Hall–Kier alpha value is -1.56. The van der Waals surface area contributed by atoms with Crippen LogP contribution in [0.4, 0.5) is 10.1 Å². The molecule has 0 aliphatic heterocycles. The SMILES string of the molecule is CC1(C)CC(Nc2ccc(F)c(C#N)c2)CC(C)(C)C1. The van der Waals surface area contributed by atoms with Crippen molar-refractivity contribution in [2.75, 3.05) is 5.32 Å². The third-order valence-electron chi connectivity index (χ3n) is 4.01. The molecule has 20 heavy (non-hydrogen) atoms. The summed E-state index contributed by atoms with van der Waals surface area (Å²) in [6.45, 7) is 9.20. The lowest BCUT2D eigenvalue weighted by Crippen LogP contribution is -2.40. The number of halogens is 1. The molecular weight excluding hydrogens is 251 g/mol. The summed E-state index contributed by atoms with van der Waals surface area (Å²) >= 11 is 0. The maximum Gasteiger partial charge on any atom is 0.141 e. The van der Waals surface area contributed by atoms with Crippen molar-refractivity contribution in [1.82, 2.24) is 0 Å². The van der Waals surface area contributed by atoms with E-state index >= 15 is 0 Å². The maximum atomic E-state index is 13.3. The van der Waals surface area contributed by atoms with E-state index in [0.29, 0.717) is 16.9 Å². The first kappa shape index (κ1) is 14.8. The average Bonchev–Trinajstić information content (AvgIpc) is 2.27. The summed E-state index contributed by atoms with van der Waals surface area (Å²) < 4.78 is 13.3. The number of hydrogen-bond donors (Lipinski definition) is 1. The molecule has 2 nitrogen and oxygen atoms in total. The summed E-state index contributed by atoms with van der Waals surface area (Å²) in [6, 6.07) is 6.93. The zero-order chi connectivity index (χ0) is 15.0. The van der Waals surface area contributed by atoms with Gasteiger partial charge in [-0.25, -0.2) is 4.39 Å². The summed E-state index contributed by atoms with van der Waals surface area (Å²) in [4.78, 5) is 0. The molecule has 0 aromatic heterocycles. The molecule has 0 spiro atoms. The van der Waals surface area contributed by atoms with Crippen LogP contribution in [0.2, 0.25) is 0 Å². The molecule has 1 aliphatic rings. The van der Waals surface area contributed by atoms with Gasteiger partial charge in [-0.15, -0.1) is 0 Å². The number of rotatable bonds is 2. The minimum Gasteiger partial charge on any atom is -0.382 e. The number of nitriles is 1. The molecule has 0 unspecified atom stereocenters. The van der Waals surface area contributed by atoms with Crippen LogP contribution in [0.25, 0.3) is 0 Å². The summed E-state index contributed by atoms with van der Waals surface area (Å²) in [6.07, 6.45) is 3.40. The standard InChI is InChI=1S/C17H23FN2/c1-16(2)8-14(9-17(3,4)11-16)20-13-5-6-15(18)12(7-13)10-19/h5-7,14,20H,8-9,11H2,1-4H3. The van der Waals surface area contributed by atoms with E-state index < -0.39 is 5.82 Å². The van der Waals surface area contributed by atoms with Crippen LogP contribution < -0.4 is 5.32 Å². The van der Waals surface area contributed by atoms with Gasteiger partial charge in [0, 0.05) is 11.7 Å². The van der Waals surface area contributed by atoms with Crippen LogP contribution in [0, 0.1) is 28.0 Å². The van der Waals surface area contributed by atoms with Gasteiger partial charge in [0.15, 0.2) is 0 Å². The highest BCUT2D eigenvalue weighted by molar-refractivity contribution is 5.50. The second kappa shape index (κ2) is 5.09. The summed E-state index contributed by atoms with van der Waals surface area (Å²) in [5.41, 5.74) is 1.54. The van der Waals surface area contributed by atoms with Gasteiger partial charge >= 0.3 is 0 Å². The van der Waals surface area contributed by atoms with Crippen LogP contribution in [0.1, 0.15) is 52.5 Å². The van der Waals surface area contributed by atoms with E-state index in [-0.39, 0.29) is 5.56 Å². The first-order valence-corrected chi connectivity index (χ1v) is 7.17. The second-order valence-corrected chi connectivity index (χ2v) is 7.56. The van der Waals surface area contributed by atoms with Crippen LogP contribution in [0.3, 0.4) is 0 Å². The van der Waals surface area contributed by atoms with Gasteiger partial charge in [-0.05, 0) is 48.3 Å². The summed E-state index contributed by atoms with van der Waals surface area (Å²) in [7, 11) is 0. The second-order valence-electron chi connectivity index (χ2n) is 7.56. The highest BCUT2D eigenvalue weighted by Gasteiger charge is 2.38. The van der Waals surface area contributed by atoms with Gasteiger partial charge in [-0.2, -0.15) is 5.26 Å². The van der Waals surface area contributed by atoms with Crippen molar-refractivity contribution in [3.8, 4) is 6.07 Å². The van der Waals surface area contributed by atoms with E-state index in [4.69, 9.17) is 5.26 Å². The lowest BCUT2D eigenvalue weighted by Gasteiger charge is -2.45. The molecule has 108 valence electrons. The fraction of sp³-hybridized carbons (Fsp3) is 0.588. The van der Waals surface area contributed by atoms with Gasteiger partial charge in [0.2, 0.25) is 0 Å². The van der Waals surface area contributed by atoms with Crippen molar-refractivity contribution in [2.24, 2.45) is 10.8 Å². The van der Waals surface area contributed by atoms with Crippen LogP contribution in [-0.4, -0.2) is 6.04 Å². The molecule has 1 saturated carbocycles. The molecule has 0 bridgehead atoms. The number of anilines is 1. The first-order chi connectivity index (χ1) is 9.21. The number of nitrogens with one attached hydrogen (secondary N) is 1. The van der Waals surface area contributed by atoms with E-state index in [1.165, 1.54) is 12.5 Å². The lowest BCUT2D eigenvalue weighted by molar-refractivity contribution is 0.105. The Morgan fingerprint density at radius 3 is 2.35 bits per heavy atom. The van der Waals surface area contributed by atoms with Crippen LogP contribution in [-0.2, 0) is 0 Å². The molecule has 1 fully saturated rings. The van der Waals surface area contributed by atoms with E-state index in [1.807, 2.05) is 6.07 Å². The zero-order valence-corrected chi connectivity index (χ0v) is 12.8. The zero-order valence-electron chi connectivity index (χ0n) is 12.8.